The van der Waals surface area contributed by atoms with Gasteiger partial charge in [0.05, 0.1) is 9.88 Å². The van der Waals surface area contributed by atoms with E-state index in [0.717, 1.165) is 46.7 Å². The minimum absolute atomic E-state index is 0.0266. The molecule has 0 spiro atoms. The first-order valence-corrected chi connectivity index (χ1v) is 11.7. The Bertz CT molecular complexity index is 1110. The van der Waals surface area contributed by atoms with Crippen molar-refractivity contribution in [2.75, 3.05) is 11.1 Å². The van der Waals surface area contributed by atoms with Gasteiger partial charge in [0.25, 0.3) is 0 Å². The molecule has 0 aliphatic heterocycles. The molecule has 3 amide bonds. The highest BCUT2D eigenvalue weighted by atomic mass is 32.1. The largest absolute Gasteiger partial charge is 0.465 e. The number of nitrogen functional groups attached to an aromatic ring is 1. The average Bonchev–Trinajstić information content (AvgIpc) is 3.28. The van der Waals surface area contributed by atoms with E-state index in [1.165, 1.54) is 0 Å². The number of hydrogen-bond acceptors (Lipinski definition) is 5. The molecule has 1 heterocycles. The van der Waals surface area contributed by atoms with E-state index >= 15 is 0 Å². The summed E-state index contributed by atoms with van der Waals surface area (Å²) in [7, 11) is 0. The standard InChI is InChI=1S/C24H27N5O3S/c25-20-12-18(28-23(30)27-13-15-4-2-1-3-5-15)10-11-19(20)21-14-26-22(33-21)16-6-8-17(9-7-16)29-24(31)32/h1-5,10-12,14,16-17,29H,6-9,13,25H2,(H,31,32)(H2,27,28,30). The first kappa shape index (κ1) is 22.6. The summed E-state index contributed by atoms with van der Waals surface area (Å²) in [5, 5.41) is 18.2. The molecule has 9 heteroatoms. The summed E-state index contributed by atoms with van der Waals surface area (Å²) in [6.07, 6.45) is 4.34. The zero-order valence-electron chi connectivity index (χ0n) is 18.1. The molecule has 4 rings (SSSR count). The number of nitrogens with one attached hydrogen (secondary N) is 3. The molecule has 8 nitrogen and oxygen atoms in total. The topological polar surface area (TPSA) is 129 Å². The monoisotopic (exact) mass is 465 g/mol. The maximum Gasteiger partial charge on any atom is 0.404 e. The van der Waals surface area contributed by atoms with Gasteiger partial charge < -0.3 is 26.8 Å². The molecule has 0 bridgehead atoms. The van der Waals surface area contributed by atoms with Gasteiger partial charge in [0, 0.05) is 41.6 Å². The van der Waals surface area contributed by atoms with Gasteiger partial charge in [0.2, 0.25) is 0 Å². The number of urea groups is 1. The lowest BCUT2D eigenvalue weighted by Gasteiger charge is -2.27. The van der Waals surface area contributed by atoms with Crippen LogP contribution in [0.2, 0.25) is 0 Å². The molecule has 0 saturated heterocycles. The molecule has 0 unspecified atom stereocenters. The lowest BCUT2D eigenvalue weighted by molar-refractivity contribution is 0.185. The van der Waals surface area contributed by atoms with Crippen molar-refractivity contribution in [2.45, 2.75) is 44.2 Å². The second kappa shape index (κ2) is 10.4. The van der Waals surface area contributed by atoms with Gasteiger partial charge in [-0.25, -0.2) is 14.6 Å². The fraction of sp³-hybridized carbons (Fsp3) is 0.292. The van der Waals surface area contributed by atoms with Crippen LogP contribution in [-0.2, 0) is 6.54 Å². The predicted molar refractivity (Wildman–Crippen MR) is 130 cm³/mol. The quantitative estimate of drug-likeness (QED) is 0.327. The first-order chi connectivity index (χ1) is 16.0. The van der Waals surface area contributed by atoms with Gasteiger partial charge in [0.1, 0.15) is 0 Å². The van der Waals surface area contributed by atoms with Crippen LogP contribution in [-0.4, -0.2) is 28.3 Å². The van der Waals surface area contributed by atoms with Crippen molar-refractivity contribution >= 4 is 34.8 Å². The highest BCUT2D eigenvalue weighted by Crippen LogP contribution is 2.39. The van der Waals surface area contributed by atoms with E-state index in [9.17, 15) is 9.59 Å². The van der Waals surface area contributed by atoms with E-state index in [1.54, 1.807) is 17.4 Å². The Labute approximate surface area is 196 Å². The maximum atomic E-state index is 12.2. The third-order valence-corrected chi connectivity index (χ3v) is 6.99. The van der Waals surface area contributed by atoms with E-state index < -0.39 is 6.09 Å². The number of nitrogens with zero attached hydrogens (tertiary/aromatic N) is 1. The second-order valence-corrected chi connectivity index (χ2v) is 9.22. The normalized spacial score (nSPS) is 17.8. The third-order valence-electron chi connectivity index (χ3n) is 5.80. The molecule has 1 fully saturated rings. The van der Waals surface area contributed by atoms with E-state index in [2.05, 4.69) is 20.9 Å². The molecule has 0 radical (unpaired) electrons. The van der Waals surface area contributed by atoms with Crippen molar-refractivity contribution in [3.05, 3.63) is 65.3 Å². The highest BCUT2D eigenvalue weighted by molar-refractivity contribution is 7.15. The van der Waals surface area contributed by atoms with Crippen LogP contribution < -0.4 is 21.7 Å². The molecule has 6 N–H and O–H groups in total. The van der Waals surface area contributed by atoms with Crippen LogP contribution in [0.4, 0.5) is 21.0 Å². The number of anilines is 2. The molecule has 33 heavy (non-hydrogen) atoms. The van der Waals surface area contributed by atoms with E-state index in [-0.39, 0.29) is 12.1 Å². The van der Waals surface area contributed by atoms with E-state index in [4.69, 9.17) is 10.8 Å². The summed E-state index contributed by atoms with van der Waals surface area (Å²) in [5.41, 5.74) is 9.39. The number of hydrogen-bond donors (Lipinski definition) is 5. The van der Waals surface area contributed by atoms with Crippen LogP contribution in [0.25, 0.3) is 10.4 Å². The SMILES string of the molecule is Nc1cc(NC(=O)NCc2ccccc2)ccc1-c1cnc(C2CCC(NC(=O)O)CC2)s1. The molecular weight excluding hydrogens is 438 g/mol. The number of aromatic nitrogens is 1. The fourth-order valence-electron chi connectivity index (χ4n) is 4.08. The minimum atomic E-state index is -0.961. The molecule has 0 atom stereocenters. The number of carbonyl (C=O) groups is 2. The summed E-state index contributed by atoms with van der Waals surface area (Å²) in [6, 6.07) is 14.9. The van der Waals surface area contributed by atoms with Gasteiger partial charge in [-0.1, -0.05) is 30.3 Å². The van der Waals surface area contributed by atoms with Gasteiger partial charge in [-0.15, -0.1) is 11.3 Å². The Kier molecular flexibility index (Phi) is 7.09. The van der Waals surface area contributed by atoms with Crippen molar-refractivity contribution in [1.82, 2.24) is 15.6 Å². The minimum Gasteiger partial charge on any atom is -0.465 e. The number of rotatable bonds is 6. The highest BCUT2D eigenvalue weighted by Gasteiger charge is 2.25. The number of carboxylic acid groups (broad SMARTS) is 1. The lowest BCUT2D eigenvalue weighted by atomic mass is 9.86. The molecule has 1 aliphatic rings. The number of thiazole rings is 1. The van der Waals surface area contributed by atoms with Crippen molar-refractivity contribution in [1.29, 1.82) is 0 Å². The Hall–Kier alpha value is -3.59. The molecule has 172 valence electrons. The van der Waals surface area contributed by atoms with E-state index in [0.29, 0.717) is 23.8 Å². The maximum absolute atomic E-state index is 12.2. The first-order valence-electron chi connectivity index (χ1n) is 10.9. The average molecular weight is 466 g/mol. The molecule has 2 aromatic carbocycles. The fourth-order valence-corrected chi connectivity index (χ4v) is 5.21. The van der Waals surface area contributed by atoms with Crippen molar-refractivity contribution < 1.29 is 14.7 Å². The van der Waals surface area contributed by atoms with Crippen LogP contribution >= 0.6 is 11.3 Å². The van der Waals surface area contributed by atoms with Crippen molar-refractivity contribution in [2.24, 2.45) is 0 Å². The van der Waals surface area contributed by atoms with Crippen molar-refractivity contribution in [3.63, 3.8) is 0 Å². The Morgan fingerprint density at radius 2 is 1.85 bits per heavy atom. The Morgan fingerprint density at radius 1 is 1.09 bits per heavy atom. The predicted octanol–water partition coefficient (Wildman–Crippen LogP) is 5.01. The number of amides is 3. The van der Waals surface area contributed by atoms with Gasteiger partial charge in [-0.2, -0.15) is 0 Å². The molecule has 1 aliphatic carbocycles. The van der Waals surface area contributed by atoms with Crippen LogP contribution in [0.3, 0.4) is 0 Å². The summed E-state index contributed by atoms with van der Waals surface area (Å²) in [5.74, 6) is 0.339. The van der Waals surface area contributed by atoms with Crippen LogP contribution in [0.1, 0.15) is 42.2 Å². The van der Waals surface area contributed by atoms with Crippen molar-refractivity contribution in [3.8, 4) is 10.4 Å². The summed E-state index contributed by atoms with van der Waals surface area (Å²) in [6.45, 7) is 0.443. The lowest BCUT2D eigenvalue weighted by Crippen LogP contribution is -2.36. The second-order valence-electron chi connectivity index (χ2n) is 8.16. The van der Waals surface area contributed by atoms with Crippen LogP contribution in [0, 0.1) is 0 Å². The summed E-state index contributed by atoms with van der Waals surface area (Å²) in [4.78, 5) is 28.6. The third kappa shape index (κ3) is 6.01. The Balaban J connectivity index is 1.34. The van der Waals surface area contributed by atoms with Gasteiger partial charge in [-0.05, 0) is 49.4 Å². The summed E-state index contributed by atoms with van der Waals surface area (Å²) >= 11 is 1.62. The zero-order valence-corrected chi connectivity index (χ0v) is 18.9. The van der Waals surface area contributed by atoms with Gasteiger partial charge in [0.15, 0.2) is 0 Å². The smallest absolute Gasteiger partial charge is 0.404 e. The Morgan fingerprint density at radius 3 is 2.55 bits per heavy atom. The molecular formula is C24H27N5O3S. The van der Waals surface area contributed by atoms with Gasteiger partial charge >= 0.3 is 12.1 Å². The number of carbonyl (C=O) groups excluding carboxylic acids is 1. The van der Waals surface area contributed by atoms with E-state index in [1.807, 2.05) is 48.7 Å². The number of benzene rings is 2. The summed E-state index contributed by atoms with van der Waals surface area (Å²) < 4.78 is 0. The van der Waals surface area contributed by atoms with Gasteiger partial charge in [-0.3, -0.25) is 0 Å². The number of nitrogens with two attached hydrogens (primary N) is 1. The molecule has 1 aromatic heterocycles. The van der Waals surface area contributed by atoms with Crippen LogP contribution in [0.5, 0.6) is 0 Å². The molecule has 3 aromatic rings. The van der Waals surface area contributed by atoms with Crippen LogP contribution in [0.15, 0.2) is 54.7 Å². The molecule has 1 saturated carbocycles. The zero-order chi connectivity index (χ0) is 23.2.